The van der Waals surface area contributed by atoms with Crippen molar-refractivity contribution in [2.24, 2.45) is 5.73 Å². The van der Waals surface area contributed by atoms with Crippen molar-refractivity contribution in [2.45, 2.75) is 6.54 Å². The molecule has 0 atom stereocenters. The molecule has 0 aliphatic rings. The summed E-state index contributed by atoms with van der Waals surface area (Å²) in [6.45, 7) is 0.219. The Kier molecular flexibility index (Phi) is 4.08. The summed E-state index contributed by atoms with van der Waals surface area (Å²) in [6.07, 6.45) is 0. The van der Waals surface area contributed by atoms with Crippen molar-refractivity contribution in [3.8, 4) is 5.75 Å². The molecular weight excluding hydrogens is 295 g/mol. The second-order valence-electron chi connectivity index (χ2n) is 5.06. The largest absolute Gasteiger partial charge is 0.497 e. The molecule has 0 saturated carbocycles. The molecule has 0 radical (unpaired) electrons. The summed E-state index contributed by atoms with van der Waals surface area (Å²) in [7, 11) is 3.27. The fourth-order valence-corrected chi connectivity index (χ4v) is 2.45. The van der Waals surface area contributed by atoms with Crippen molar-refractivity contribution >= 4 is 22.4 Å². The Morgan fingerprint density at radius 3 is 2.65 bits per heavy atom. The lowest BCUT2D eigenvalue weighted by atomic mass is 10.2. The van der Waals surface area contributed by atoms with Gasteiger partial charge in [-0.15, -0.1) is 0 Å². The number of benzene rings is 2. The van der Waals surface area contributed by atoms with Gasteiger partial charge >= 0.3 is 0 Å². The minimum Gasteiger partial charge on any atom is -0.497 e. The summed E-state index contributed by atoms with van der Waals surface area (Å²) in [5, 5.41) is 0.836. The lowest BCUT2D eigenvalue weighted by molar-refractivity contribution is 0.411. The summed E-state index contributed by atoms with van der Waals surface area (Å²) < 4.78 is 19.4. The highest BCUT2D eigenvalue weighted by Crippen LogP contribution is 2.31. The van der Waals surface area contributed by atoms with Crippen LogP contribution in [0.5, 0.6) is 5.75 Å². The van der Waals surface area contributed by atoms with Gasteiger partial charge in [0.1, 0.15) is 17.4 Å². The monoisotopic (exact) mass is 312 g/mol. The second kappa shape index (κ2) is 6.18. The van der Waals surface area contributed by atoms with Gasteiger partial charge in [-0.1, -0.05) is 12.1 Å². The van der Waals surface area contributed by atoms with Gasteiger partial charge in [-0.2, -0.15) is 0 Å². The van der Waals surface area contributed by atoms with Crippen LogP contribution in [0.1, 0.15) is 5.82 Å². The molecule has 2 aromatic carbocycles. The Balaban J connectivity index is 2.15. The van der Waals surface area contributed by atoms with E-state index in [9.17, 15) is 4.39 Å². The molecule has 3 rings (SSSR count). The SMILES string of the molecule is COc1ccc(N(C)c2nc(CN)nc3ccccc23)c(F)c1. The van der Waals surface area contributed by atoms with Gasteiger partial charge < -0.3 is 15.4 Å². The van der Waals surface area contributed by atoms with E-state index in [1.165, 1.54) is 13.2 Å². The first-order valence-corrected chi connectivity index (χ1v) is 7.17. The molecule has 0 aliphatic heterocycles. The molecule has 5 nitrogen and oxygen atoms in total. The Hall–Kier alpha value is -2.73. The molecule has 118 valence electrons. The van der Waals surface area contributed by atoms with E-state index in [2.05, 4.69) is 9.97 Å². The number of nitrogens with two attached hydrogens (primary N) is 1. The number of hydrogen-bond donors (Lipinski definition) is 1. The summed E-state index contributed by atoms with van der Waals surface area (Å²) in [5.74, 6) is 1.21. The maximum Gasteiger partial charge on any atom is 0.150 e. The van der Waals surface area contributed by atoms with Gasteiger partial charge in [-0.3, -0.25) is 0 Å². The van der Waals surface area contributed by atoms with Gasteiger partial charge in [-0.05, 0) is 24.3 Å². The zero-order valence-electron chi connectivity index (χ0n) is 13.0. The van der Waals surface area contributed by atoms with Gasteiger partial charge in [-0.25, -0.2) is 14.4 Å². The third-order valence-corrected chi connectivity index (χ3v) is 3.65. The molecule has 0 saturated heterocycles. The molecule has 0 aliphatic carbocycles. The predicted octanol–water partition coefficient (Wildman–Crippen LogP) is 3.00. The number of anilines is 2. The quantitative estimate of drug-likeness (QED) is 0.802. The molecule has 2 N–H and O–H groups in total. The summed E-state index contributed by atoms with van der Waals surface area (Å²) in [6, 6.07) is 12.3. The predicted molar refractivity (Wildman–Crippen MR) is 88.4 cm³/mol. The molecular formula is C17H17FN4O. The van der Waals surface area contributed by atoms with Gasteiger partial charge in [0, 0.05) is 18.5 Å². The van der Waals surface area contributed by atoms with Crippen LogP contribution in [-0.4, -0.2) is 24.1 Å². The van der Waals surface area contributed by atoms with Crippen molar-refractivity contribution in [3.05, 3.63) is 54.1 Å². The maximum atomic E-state index is 14.4. The van der Waals surface area contributed by atoms with Crippen molar-refractivity contribution in [3.63, 3.8) is 0 Å². The van der Waals surface area contributed by atoms with Crippen LogP contribution in [-0.2, 0) is 6.54 Å². The van der Waals surface area contributed by atoms with Gasteiger partial charge in [0.15, 0.2) is 5.82 Å². The number of fused-ring (bicyclic) bond motifs is 1. The fourth-order valence-electron chi connectivity index (χ4n) is 2.45. The first kappa shape index (κ1) is 15.2. The molecule has 3 aromatic rings. The smallest absolute Gasteiger partial charge is 0.150 e. The number of rotatable bonds is 4. The first-order chi connectivity index (χ1) is 11.1. The van der Waals surface area contributed by atoms with E-state index in [1.807, 2.05) is 24.3 Å². The number of hydrogen-bond acceptors (Lipinski definition) is 5. The normalized spacial score (nSPS) is 10.8. The van der Waals surface area contributed by atoms with Crippen LogP contribution in [0.3, 0.4) is 0 Å². The topological polar surface area (TPSA) is 64.3 Å². The number of methoxy groups -OCH3 is 1. The van der Waals surface area contributed by atoms with Crippen LogP contribution < -0.4 is 15.4 Å². The summed E-state index contributed by atoms with van der Waals surface area (Å²) >= 11 is 0. The lowest BCUT2D eigenvalue weighted by Gasteiger charge is -2.21. The zero-order chi connectivity index (χ0) is 16.4. The van der Waals surface area contributed by atoms with E-state index in [1.54, 1.807) is 24.1 Å². The van der Waals surface area contributed by atoms with Crippen molar-refractivity contribution < 1.29 is 9.13 Å². The molecule has 0 bridgehead atoms. The van der Waals surface area contributed by atoms with Gasteiger partial charge in [0.05, 0.1) is 24.9 Å². The third kappa shape index (κ3) is 2.80. The van der Waals surface area contributed by atoms with E-state index in [-0.39, 0.29) is 12.4 Å². The molecule has 1 heterocycles. The van der Waals surface area contributed by atoms with E-state index >= 15 is 0 Å². The van der Waals surface area contributed by atoms with Gasteiger partial charge in [0.2, 0.25) is 0 Å². The Bertz CT molecular complexity index is 853. The highest BCUT2D eigenvalue weighted by atomic mass is 19.1. The van der Waals surface area contributed by atoms with Crippen LogP contribution in [0.15, 0.2) is 42.5 Å². The van der Waals surface area contributed by atoms with Crippen LogP contribution >= 0.6 is 0 Å². The van der Waals surface area contributed by atoms with Crippen molar-refractivity contribution in [1.82, 2.24) is 9.97 Å². The second-order valence-corrected chi connectivity index (χ2v) is 5.06. The average molecular weight is 312 g/mol. The van der Waals surface area contributed by atoms with Crippen molar-refractivity contribution in [1.29, 1.82) is 0 Å². The van der Waals surface area contributed by atoms with Gasteiger partial charge in [0.25, 0.3) is 0 Å². The van der Waals surface area contributed by atoms with Crippen LogP contribution in [0.4, 0.5) is 15.9 Å². The number of ether oxygens (including phenoxy) is 1. The molecule has 6 heteroatoms. The van der Waals surface area contributed by atoms with E-state index < -0.39 is 0 Å². The minimum atomic E-state index is -0.385. The minimum absolute atomic E-state index is 0.219. The fraction of sp³-hybridized carbons (Fsp3) is 0.176. The average Bonchev–Trinajstić information content (AvgIpc) is 2.60. The zero-order valence-corrected chi connectivity index (χ0v) is 13.0. The third-order valence-electron chi connectivity index (χ3n) is 3.65. The molecule has 23 heavy (non-hydrogen) atoms. The standard InChI is InChI=1S/C17H17FN4O/c1-22(15-8-7-11(23-2)9-13(15)18)17-12-5-3-4-6-14(12)20-16(10-19)21-17/h3-9H,10,19H2,1-2H3. The summed E-state index contributed by atoms with van der Waals surface area (Å²) in [4.78, 5) is 10.6. The number of aromatic nitrogens is 2. The Labute approximate surface area is 133 Å². The van der Waals surface area contributed by atoms with Crippen LogP contribution in [0.25, 0.3) is 10.9 Å². The Morgan fingerprint density at radius 1 is 1.17 bits per heavy atom. The molecule has 0 unspecified atom stereocenters. The van der Waals surface area contributed by atoms with E-state index in [0.29, 0.717) is 23.1 Å². The highest BCUT2D eigenvalue weighted by Gasteiger charge is 2.16. The highest BCUT2D eigenvalue weighted by molar-refractivity contribution is 5.91. The van der Waals surface area contributed by atoms with Crippen LogP contribution in [0.2, 0.25) is 0 Å². The van der Waals surface area contributed by atoms with Crippen molar-refractivity contribution in [2.75, 3.05) is 19.1 Å². The molecule has 0 spiro atoms. The lowest BCUT2D eigenvalue weighted by Crippen LogP contribution is -2.16. The first-order valence-electron chi connectivity index (χ1n) is 7.17. The Morgan fingerprint density at radius 2 is 1.96 bits per heavy atom. The number of halogens is 1. The number of nitrogens with zero attached hydrogens (tertiary/aromatic N) is 3. The summed E-state index contributed by atoms with van der Waals surface area (Å²) in [5.41, 5.74) is 6.86. The molecule has 0 amide bonds. The van der Waals surface area contributed by atoms with Crippen LogP contribution in [0, 0.1) is 5.82 Å². The van der Waals surface area contributed by atoms with E-state index in [4.69, 9.17) is 10.5 Å². The molecule has 0 fully saturated rings. The van der Waals surface area contributed by atoms with E-state index in [0.717, 1.165) is 10.9 Å². The maximum absolute atomic E-state index is 14.4. The number of para-hydroxylation sites is 1. The molecule has 1 aromatic heterocycles.